The Balaban J connectivity index is 2.64. The number of benzene rings is 1. The normalized spacial score (nSPS) is 12.5. The van der Waals surface area contributed by atoms with Crippen LogP contribution >= 0.6 is 22.6 Å². The standard InChI is InChI=1S/C10H12INO/c1-7(13)10(12)6-8-2-4-9(11)5-3-8/h2-5,10H,6,12H2,1H3/t10-/m1/s1. The van der Waals surface area contributed by atoms with Crippen molar-refractivity contribution in [1.29, 1.82) is 0 Å². The van der Waals surface area contributed by atoms with Crippen molar-refractivity contribution in [3.63, 3.8) is 0 Å². The number of Topliss-reactive ketones (excluding diaryl/α,β-unsaturated/α-hetero) is 1. The summed E-state index contributed by atoms with van der Waals surface area (Å²) in [7, 11) is 0. The van der Waals surface area contributed by atoms with Crippen LogP contribution in [-0.4, -0.2) is 11.8 Å². The van der Waals surface area contributed by atoms with E-state index in [0.717, 1.165) is 5.56 Å². The van der Waals surface area contributed by atoms with Gasteiger partial charge >= 0.3 is 0 Å². The zero-order valence-corrected chi connectivity index (χ0v) is 9.61. The molecule has 1 aromatic carbocycles. The number of hydrogen-bond donors (Lipinski definition) is 1. The largest absolute Gasteiger partial charge is 0.321 e. The number of nitrogens with two attached hydrogens (primary N) is 1. The van der Waals surface area contributed by atoms with Crippen LogP contribution in [0.3, 0.4) is 0 Å². The van der Waals surface area contributed by atoms with Gasteiger partial charge in [-0.25, -0.2) is 0 Å². The number of rotatable bonds is 3. The lowest BCUT2D eigenvalue weighted by atomic mass is 10.0. The minimum absolute atomic E-state index is 0.0403. The Morgan fingerprint density at radius 2 is 2.00 bits per heavy atom. The van der Waals surface area contributed by atoms with Gasteiger partial charge in [-0.3, -0.25) is 4.79 Å². The molecule has 1 aromatic rings. The van der Waals surface area contributed by atoms with Crippen molar-refractivity contribution in [2.45, 2.75) is 19.4 Å². The molecule has 0 aliphatic rings. The SMILES string of the molecule is CC(=O)[C@H](N)Cc1ccc(I)cc1. The van der Waals surface area contributed by atoms with Crippen LogP contribution in [0.2, 0.25) is 0 Å². The molecule has 70 valence electrons. The van der Waals surface area contributed by atoms with E-state index in [9.17, 15) is 4.79 Å². The van der Waals surface area contributed by atoms with Gasteiger partial charge in [0.05, 0.1) is 6.04 Å². The van der Waals surface area contributed by atoms with Crippen molar-refractivity contribution < 1.29 is 4.79 Å². The molecule has 2 N–H and O–H groups in total. The van der Waals surface area contributed by atoms with E-state index in [1.807, 2.05) is 24.3 Å². The lowest BCUT2D eigenvalue weighted by molar-refractivity contribution is -0.118. The summed E-state index contributed by atoms with van der Waals surface area (Å²) in [6.07, 6.45) is 0.631. The maximum absolute atomic E-state index is 10.9. The fourth-order valence-corrected chi connectivity index (χ4v) is 1.38. The molecule has 0 fully saturated rings. The average molecular weight is 289 g/mol. The molecular weight excluding hydrogens is 277 g/mol. The van der Waals surface area contributed by atoms with Crippen molar-refractivity contribution in [3.8, 4) is 0 Å². The van der Waals surface area contributed by atoms with E-state index in [1.54, 1.807) is 0 Å². The highest BCUT2D eigenvalue weighted by Crippen LogP contribution is 2.08. The Morgan fingerprint density at radius 1 is 1.46 bits per heavy atom. The molecule has 1 rings (SSSR count). The topological polar surface area (TPSA) is 43.1 Å². The van der Waals surface area contributed by atoms with Gasteiger partial charge in [0, 0.05) is 3.57 Å². The highest BCUT2D eigenvalue weighted by atomic mass is 127. The maximum atomic E-state index is 10.9. The van der Waals surface area contributed by atoms with Gasteiger partial charge in [-0.2, -0.15) is 0 Å². The number of halogens is 1. The predicted octanol–water partition coefficient (Wildman–Crippen LogP) is 1.75. The number of carbonyl (C=O) groups is 1. The molecule has 1 atom stereocenters. The molecule has 13 heavy (non-hydrogen) atoms. The summed E-state index contributed by atoms with van der Waals surface area (Å²) < 4.78 is 1.19. The molecular formula is C10H12INO. The van der Waals surface area contributed by atoms with Gasteiger partial charge in [0.1, 0.15) is 5.78 Å². The second-order valence-electron chi connectivity index (χ2n) is 3.05. The molecule has 0 aliphatic carbocycles. The predicted molar refractivity (Wildman–Crippen MR) is 61.5 cm³/mol. The summed E-state index contributed by atoms with van der Waals surface area (Å²) >= 11 is 2.25. The fourth-order valence-electron chi connectivity index (χ4n) is 1.02. The molecule has 0 unspecified atom stereocenters. The van der Waals surface area contributed by atoms with Gasteiger partial charge in [-0.1, -0.05) is 12.1 Å². The number of hydrogen-bond acceptors (Lipinski definition) is 2. The van der Waals surface area contributed by atoms with Crippen LogP contribution in [0.5, 0.6) is 0 Å². The molecule has 2 nitrogen and oxygen atoms in total. The first-order chi connectivity index (χ1) is 6.09. The molecule has 0 spiro atoms. The van der Waals surface area contributed by atoms with Crippen LogP contribution in [0.4, 0.5) is 0 Å². The Labute approximate surface area is 91.7 Å². The van der Waals surface area contributed by atoms with Crippen molar-refractivity contribution >= 4 is 28.4 Å². The van der Waals surface area contributed by atoms with Crippen LogP contribution in [0.25, 0.3) is 0 Å². The van der Waals surface area contributed by atoms with Gasteiger partial charge in [-0.05, 0) is 53.6 Å². The van der Waals surface area contributed by atoms with Crippen LogP contribution < -0.4 is 5.73 Å². The van der Waals surface area contributed by atoms with Gasteiger partial charge in [0.25, 0.3) is 0 Å². The molecule has 0 bridgehead atoms. The molecule has 0 aliphatic heterocycles. The van der Waals surface area contributed by atoms with Crippen LogP contribution in [0.1, 0.15) is 12.5 Å². The second-order valence-corrected chi connectivity index (χ2v) is 4.29. The summed E-state index contributed by atoms with van der Waals surface area (Å²) in [6, 6.07) is 7.68. The minimum atomic E-state index is -0.361. The third kappa shape index (κ3) is 3.44. The molecule has 0 heterocycles. The van der Waals surface area contributed by atoms with E-state index in [0.29, 0.717) is 6.42 Å². The Bertz CT molecular complexity index is 294. The van der Waals surface area contributed by atoms with E-state index in [2.05, 4.69) is 22.6 Å². The second kappa shape index (κ2) is 4.72. The third-order valence-corrected chi connectivity index (χ3v) is 2.61. The summed E-state index contributed by atoms with van der Waals surface area (Å²) in [5.41, 5.74) is 6.75. The van der Waals surface area contributed by atoms with E-state index in [1.165, 1.54) is 10.5 Å². The quantitative estimate of drug-likeness (QED) is 0.861. The van der Waals surface area contributed by atoms with Crippen molar-refractivity contribution in [3.05, 3.63) is 33.4 Å². The Morgan fingerprint density at radius 3 is 2.46 bits per heavy atom. The minimum Gasteiger partial charge on any atom is -0.321 e. The first-order valence-corrected chi connectivity index (χ1v) is 5.18. The highest BCUT2D eigenvalue weighted by Gasteiger charge is 2.08. The fraction of sp³-hybridized carbons (Fsp3) is 0.300. The van der Waals surface area contributed by atoms with Gasteiger partial charge in [0.15, 0.2) is 0 Å². The van der Waals surface area contributed by atoms with E-state index in [-0.39, 0.29) is 11.8 Å². The smallest absolute Gasteiger partial charge is 0.146 e. The monoisotopic (exact) mass is 289 g/mol. The van der Waals surface area contributed by atoms with E-state index < -0.39 is 0 Å². The Kier molecular flexibility index (Phi) is 3.87. The van der Waals surface area contributed by atoms with Crippen molar-refractivity contribution in [2.75, 3.05) is 0 Å². The molecule has 0 amide bonds. The Hall–Kier alpha value is -0.420. The molecule has 0 aromatic heterocycles. The molecule has 0 radical (unpaired) electrons. The lowest BCUT2D eigenvalue weighted by Crippen LogP contribution is -2.30. The molecule has 3 heteroatoms. The summed E-state index contributed by atoms with van der Waals surface area (Å²) in [6.45, 7) is 1.53. The maximum Gasteiger partial charge on any atom is 0.146 e. The molecule has 0 saturated carbocycles. The van der Waals surface area contributed by atoms with Gasteiger partial charge in [-0.15, -0.1) is 0 Å². The number of ketones is 1. The zero-order chi connectivity index (χ0) is 9.84. The van der Waals surface area contributed by atoms with Gasteiger partial charge < -0.3 is 5.73 Å². The first-order valence-electron chi connectivity index (χ1n) is 4.10. The highest BCUT2D eigenvalue weighted by molar-refractivity contribution is 14.1. The van der Waals surface area contributed by atoms with Crippen LogP contribution in [0, 0.1) is 3.57 Å². The number of carbonyl (C=O) groups excluding carboxylic acids is 1. The molecule has 0 saturated heterocycles. The summed E-state index contributed by atoms with van der Waals surface area (Å²) in [5, 5.41) is 0. The van der Waals surface area contributed by atoms with E-state index in [4.69, 9.17) is 5.73 Å². The average Bonchev–Trinajstić information content (AvgIpc) is 2.08. The van der Waals surface area contributed by atoms with Crippen LogP contribution in [0.15, 0.2) is 24.3 Å². The lowest BCUT2D eigenvalue weighted by Gasteiger charge is -2.07. The zero-order valence-electron chi connectivity index (χ0n) is 7.46. The van der Waals surface area contributed by atoms with Gasteiger partial charge in [0.2, 0.25) is 0 Å². The third-order valence-electron chi connectivity index (χ3n) is 1.89. The summed E-state index contributed by atoms with van der Waals surface area (Å²) in [4.78, 5) is 10.9. The van der Waals surface area contributed by atoms with Crippen molar-refractivity contribution in [2.24, 2.45) is 5.73 Å². The first kappa shape index (κ1) is 10.7. The summed E-state index contributed by atoms with van der Waals surface area (Å²) in [5.74, 6) is 0.0403. The van der Waals surface area contributed by atoms with E-state index >= 15 is 0 Å². The van der Waals surface area contributed by atoms with Crippen molar-refractivity contribution in [1.82, 2.24) is 0 Å². The van der Waals surface area contributed by atoms with Crippen LogP contribution in [-0.2, 0) is 11.2 Å².